The van der Waals surface area contributed by atoms with Crippen LogP contribution in [0.4, 0.5) is 4.39 Å². The van der Waals surface area contributed by atoms with Crippen molar-refractivity contribution in [2.75, 3.05) is 11.5 Å². The molecule has 2 aromatic rings. The van der Waals surface area contributed by atoms with Gasteiger partial charge in [0.2, 0.25) is 17.7 Å². The summed E-state index contributed by atoms with van der Waals surface area (Å²) in [7, 11) is 0. The highest BCUT2D eigenvalue weighted by Gasteiger charge is 2.53. The van der Waals surface area contributed by atoms with Gasteiger partial charge in [-0.3, -0.25) is 14.5 Å². The van der Waals surface area contributed by atoms with Crippen LogP contribution in [0.2, 0.25) is 0 Å². The molecule has 2 aliphatic heterocycles. The molecule has 2 fully saturated rings. The number of carbonyl (C=O) groups is 2. The number of oxazole rings is 1. The zero-order valence-electron chi connectivity index (χ0n) is 12.8. The lowest BCUT2D eigenvalue weighted by molar-refractivity contribution is -0.141. The Kier molecular flexibility index (Phi) is 3.68. The van der Waals surface area contributed by atoms with Crippen LogP contribution < -0.4 is 0 Å². The summed E-state index contributed by atoms with van der Waals surface area (Å²) >= 11 is 1.72. The molecule has 3 heterocycles. The van der Waals surface area contributed by atoms with E-state index in [1.807, 2.05) is 0 Å². The average molecular weight is 346 g/mol. The molecular formula is C17H15FN2O3S. The predicted octanol–water partition coefficient (Wildman–Crippen LogP) is 2.86. The highest BCUT2D eigenvalue weighted by molar-refractivity contribution is 7.99. The lowest BCUT2D eigenvalue weighted by Crippen LogP contribution is -2.35. The molecule has 0 radical (unpaired) electrons. The van der Waals surface area contributed by atoms with Gasteiger partial charge in [0.25, 0.3) is 0 Å². The van der Waals surface area contributed by atoms with Crippen molar-refractivity contribution >= 4 is 23.6 Å². The Bertz CT molecular complexity index is 796. The summed E-state index contributed by atoms with van der Waals surface area (Å²) < 4.78 is 18.4. The number of nitrogens with zero attached hydrogens (tertiary/aromatic N) is 2. The fraction of sp³-hybridized carbons (Fsp3) is 0.353. The molecule has 2 saturated heterocycles. The Balaban J connectivity index is 1.53. The van der Waals surface area contributed by atoms with Crippen LogP contribution in [-0.4, -0.2) is 33.2 Å². The molecule has 124 valence electrons. The van der Waals surface area contributed by atoms with Gasteiger partial charge in [0.1, 0.15) is 12.1 Å². The van der Waals surface area contributed by atoms with Crippen molar-refractivity contribution in [3.8, 4) is 11.5 Å². The van der Waals surface area contributed by atoms with Crippen molar-refractivity contribution in [1.29, 1.82) is 0 Å². The van der Waals surface area contributed by atoms with Crippen molar-refractivity contribution in [3.05, 3.63) is 42.0 Å². The lowest BCUT2D eigenvalue weighted by Gasteiger charge is -2.19. The molecule has 0 saturated carbocycles. The van der Waals surface area contributed by atoms with Crippen molar-refractivity contribution in [2.24, 2.45) is 5.41 Å². The van der Waals surface area contributed by atoms with E-state index in [4.69, 9.17) is 4.42 Å². The van der Waals surface area contributed by atoms with Crippen LogP contribution in [0.25, 0.3) is 11.5 Å². The van der Waals surface area contributed by atoms with Gasteiger partial charge in [-0.15, -0.1) is 0 Å². The first-order valence-electron chi connectivity index (χ1n) is 7.70. The molecule has 1 aromatic carbocycles. The minimum atomic E-state index is -0.509. The SMILES string of the molecule is O=C1C[C@@]2(CCSC2)C(=O)N1Cc1coc(-c2ccc(F)cc2)n1. The molecule has 0 unspecified atom stereocenters. The van der Waals surface area contributed by atoms with E-state index in [9.17, 15) is 14.0 Å². The van der Waals surface area contributed by atoms with Gasteiger partial charge in [0.05, 0.1) is 17.7 Å². The Hall–Kier alpha value is -2.15. The summed E-state index contributed by atoms with van der Waals surface area (Å²) in [5.41, 5.74) is 0.648. The molecular weight excluding hydrogens is 331 g/mol. The third-order valence-corrected chi connectivity index (χ3v) is 5.81. The summed E-state index contributed by atoms with van der Waals surface area (Å²) in [5.74, 6) is 1.41. The second-order valence-corrected chi connectivity index (χ2v) is 7.30. The second kappa shape index (κ2) is 5.73. The van der Waals surface area contributed by atoms with Gasteiger partial charge in [-0.05, 0) is 36.4 Å². The Labute approximate surface area is 142 Å². The number of benzene rings is 1. The zero-order chi connectivity index (χ0) is 16.7. The number of amides is 2. The van der Waals surface area contributed by atoms with E-state index < -0.39 is 5.41 Å². The van der Waals surface area contributed by atoms with Crippen LogP contribution in [-0.2, 0) is 16.1 Å². The maximum absolute atomic E-state index is 13.0. The number of halogens is 1. The average Bonchev–Trinajstić information content (AvgIpc) is 3.27. The topological polar surface area (TPSA) is 63.4 Å². The largest absolute Gasteiger partial charge is 0.444 e. The Morgan fingerprint density at radius 3 is 2.79 bits per heavy atom. The molecule has 0 bridgehead atoms. The van der Waals surface area contributed by atoms with E-state index in [1.54, 1.807) is 23.9 Å². The molecule has 24 heavy (non-hydrogen) atoms. The number of hydrogen-bond donors (Lipinski definition) is 0. The first kappa shape index (κ1) is 15.4. The highest BCUT2D eigenvalue weighted by atomic mass is 32.2. The van der Waals surface area contributed by atoms with Gasteiger partial charge in [-0.1, -0.05) is 0 Å². The van der Waals surface area contributed by atoms with Gasteiger partial charge in [0, 0.05) is 17.7 Å². The van der Waals surface area contributed by atoms with Crippen LogP contribution in [0.1, 0.15) is 18.5 Å². The number of imide groups is 1. The van der Waals surface area contributed by atoms with Gasteiger partial charge < -0.3 is 4.42 Å². The van der Waals surface area contributed by atoms with Gasteiger partial charge in [0.15, 0.2) is 0 Å². The quantitative estimate of drug-likeness (QED) is 0.800. The van der Waals surface area contributed by atoms with Gasteiger partial charge in [-0.25, -0.2) is 9.37 Å². The number of carbonyl (C=O) groups excluding carboxylic acids is 2. The third kappa shape index (κ3) is 2.53. The van der Waals surface area contributed by atoms with Gasteiger partial charge in [-0.2, -0.15) is 11.8 Å². The first-order chi connectivity index (χ1) is 11.6. The fourth-order valence-electron chi connectivity index (χ4n) is 3.20. The van der Waals surface area contributed by atoms with Crippen LogP contribution in [0.15, 0.2) is 34.9 Å². The summed E-state index contributed by atoms with van der Waals surface area (Å²) in [6.45, 7) is 0.120. The van der Waals surface area contributed by atoms with E-state index in [0.717, 1.165) is 12.2 Å². The first-order valence-corrected chi connectivity index (χ1v) is 8.86. The van der Waals surface area contributed by atoms with E-state index in [2.05, 4.69) is 4.98 Å². The molecule has 1 atom stereocenters. The highest BCUT2D eigenvalue weighted by Crippen LogP contribution is 2.45. The monoisotopic (exact) mass is 346 g/mol. The maximum Gasteiger partial charge on any atom is 0.237 e. The van der Waals surface area contributed by atoms with E-state index >= 15 is 0 Å². The summed E-state index contributed by atoms with van der Waals surface area (Å²) in [4.78, 5) is 30.5. The maximum atomic E-state index is 13.0. The Morgan fingerprint density at radius 2 is 2.08 bits per heavy atom. The van der Waals surface area contributed by atoms with Crippen molar-refractivity contribution < 1.29 is 18.4 Å². The molecule has 0 N–H and O–H groups in total. The van der Waals surface area contributed by atoms with Crippen LogP contribution in [0.5, 0.6) is 0 Å². The third-order valence-electron chi connectivity index (χ3n) is 4.56. The number of aromatic nitrogens is 1. The van der Waals surface area contributed by atoms with Crippen molar-refractivity contribution in [1.82, 2.24) is 9.88 Å². The predicted molar refractivity (Wildman–Crippen MR) is 86.4 cm³/mol. The summed E-state index contributed by atoms with van der Waals surface area (Å²) in [5, 5.41) is 0. The van der Waals surface area contributed by atoms with Crippen molar-refractivity contribution in [2.45, 2.75) is 19.4 Å². The fourth-order valence-corrected chi connectivity index (χ4v) is 4.64. The van der Waals surface area contributed by atoms with Crippen LogP contribution >= 0.6 is 11.8 Å². The normalized spacial score (nSPS) is 23.6. The molecule has 2 amide bonds. The van der Waals surface area contributed by atoms with Gasteiger partial charge >= 0.3 is 0 Å². The van der Waals surface area contributed by atoms with Crippen LogP contribution in [0.3, 0.4) is 0 Å². The molecule has 7 heteroatoms. The number of rotatable bonds is 3. The number of hydrogen-bond acceptors (Lipinski definition) is 5. The summed E-state index contributed by atoms with van der Waals surface area (Å²) in [6.07, 6.45) is 2.49. The standard InChI is InChI=1S/C17H15FN2O3S/c18-12-3-1-11(2-4-12)15-19-13(9-23-15)8-20-14(21)7-17(16(20)22)5-6-24-10-17/h1-4,9H,5-8,10H2/t17-/m1/s1. The lowest BCUT2D eigenvalue weighted by atomic mass is 9.86. The number of thioether (sulfide) groups is 1. The number of likely N-dealkylation sites (tertiary alicyclic amines) is 1. The van der Waals surface area contributed by atoms with E-state index in [0.29, 0.717) is 29.3 Å². The molecule has 2 aliphatic rings. The minimum Gasteiger partial charge on any atom is -0.444 e. The molecule has 4 rings (SSSR count). The van der Waals surface area contributed by atoms with Crippen molar-refractivity contribution in [3.63, 3.8) is 0 Å². The Morgan fingerprint density at radius 1 is 1.29 bits per heavy atom. The minimum absolute atomic E-state index is 0.0937. The second-order valence-electron chi connectivity index (χ2n) is 6.20. The molecule has 0 aliphatic carbocycles. The molecule has 1 aromatic heterocycles. The smallest absolute Gasteiger partial charge is 0.237 e. The molecule has 5 nitrogen and oxygen atoms in total. The van der Waals surface area contributed by atoms with E-state index in [1.165, 1.54) is 23.3 Å². The molecule has 1 spiro atoms. The summed E-state index contributed by atoms with van der Waals surface area (Å²) in [6, 6.07) is 5.80. The van der Waals surface area contributed by atoms with E-state index in [-0.39, 0.29) is 24.2 Å². The van der Waals surface area contributed by atoms with Crippen LogP contribution in [0, 0.1) is 11.2 Å². The zero-order valence-corrected chi connectivity index (χ0v) is 13.6.